The van der Waals surface area contributed by atoms with Crippen molar-refractivity contribution in [3.05, 3.63) is 93.5 Å². The lowest BCUT2D eigenvalue weighted by Crippen LogP contribution is -2.29. The van der Waals surface area contributed by atoms with Crippen LogP contribution in [-0.4, -0.2) is 40.5 Å². The molecule has 7 nitrogen and oxygen atoms in total. The van der Waals surface area contributed by atoms with Crippen LogP contribution in [0.25, 0.3) is 5.76 Å². The van der Waals surface area contributed by atoms with Gasteiger partial charge in [0, 0.05) is 16.6 Å². The molecule has 3 aromatic carbocycles. The molecule has 1 saturated heterocycles. The van der Waals surface area contributed by atoms with Gasteiger partial charge in [0.1, 0.15) is 11.5 Å². The second-order valence-corrected chi connectivity index (χ2v) is 8.86. The van der Waals surface area contributed by atoms with Gasteiger partial charge >= 0.3 is 0 Å². The molecule has 1 fully saturated rings. The third-order valence-electron chi connectivity index (χ3n) is 5.74. The normalized spacial score (nSPS) is 17.0. The third-order valence-corrected chi connectivity index (χ3v) is 6.27. The maximum Gasteiger partial charge on any atom is 0.295 e. The average molecular weight is 538 g/mol. The number of aromatic hydroxyl groups is 1. The van der Waals surface area contributed by atoms with E-state index in [9.17, 15) is 19.8 Å². The molecule has 0 radical (unpaired) electrons. The topological polar surface area (TPSA) is 96.3 Å². The van der Waals surface area contributed by atoms with Crippen molar-refractivity contribution in [3.63, 3.8) is 0 Å². The molecule has 35 heavy (non-hydrogen) atoms. The first-order chi connectivity index (χ1) is 16.8. The highest BCUT2D eigenvalue weighted by Gasteiger charge is 2.46. The summed E-state index contributed by atoms with van der Waals surface area (Å²) in [7, 11) is 1.55. The number of ether oxygens (including phenoxy) is 2. The second-order valence-electron chi connectivity index (χ2n) is 7.95. The molecule has 2 N–H and O–H groups in total. The number of aliphatic hydroxyl groups is 1. The van der Waals surface area contributed by atoms with Gasteiger partial charge in [-0.2, -0.15) is 0 Å². The Kier molecular flexibility index (Phi) is 7.12. The third kappa shape index (κ3) is 4.88. The average Bonchev–Trinajstić information content (AvgIpc) is 3.10. The monoisotopic (exact) mass is 537 g/mol. The van der Waals surface area contributed by atoms with Crippen molar-refractivity contribution >= 4 is 33.4 Å². The Morgan fingerprint density at radius 1 is 1.06 bits per heavy atom. The lowest BCUT2D eigenvalue weighted by Gasteiger charge is -2.26. The van der Waals surface area contributed by atoms with Gasteiger partial charge in [0.2, 0.25) is 0 Å². The molecule has 1 aliphatic rings. The zero-order chi connectivity index (χ0) is 25.1. The molecule has 0 aliphatic carbocycles. The number of Topliss-reactive ketones (excluding diaryl/α,β-unsaturated/α-hetero) is 1. The van der Waals surface area contributed by atoms with Gasteiger partial charge in [0.05, 0.1) is 25.3 Å². The minimum Gasteiger partial charge on any atom is -0.507 e. The van der Waals surface area contributed by atoms with Gasteiger partial charge < -0.3 is 24.6 Å². The fourth-order valence-electron chi connectivity index (χ4n) is 4.09. The standard InChI is InChI=1S/C27H24BrNO6/c1-3-35-22-14-18(9-12-21(22)30)24-23(25(31)17-7-10-19(28)11-8-17)26(32)27(33)29(24)15-16-5-4-6-20(13-16)34-2/h4-14,24,30-31H,3,15H2,1-2H3/b25-23-. The van der Waals surface area contributed by atoms with Crippen LogP contribution < -0.4 is 9.47 Å². The fourth-order valence-corrected chi connectivity index (χ4v) is 4.36. The zero-order valence-corrected chi connectivity index (χ0v) is 20.8. The van der Waals surface area contributed by atoms with E-state index in [0.717, 1.165) is 10.0 Å². The number of carbonyl (C=O) groups is 2. The Morgan fingerprint density at radius 3 is 2.49 bits per heavy atom. The highest BCUT2D eigenvalue weighted by molar-refractivity contribution is 9.10. The number of rotatable bonds is 7. The van der Waals surface area contributed by atoms with Crippen molar-refractivity contribution in [1.82, 2.24) is 4.90 Å². The molecule has 0 aromatic heterocycles. The summed E-state index contributed by atoms with van der Waals surface area (Å²) >= 11 is 3.36. The largest absolute Gasteiger partial charge is 0.507 e. The van der Waals surface area contributed by atoms with Crippen molar-refractivity contribution in [2.45, 2.75) is 19.5 Å². The predicted octanol–water partition coefficient (Wildman–Crippen LogP) is 5.18. The van der Waals surface area contributed by atoms with E-state index >= 15 is 0 Å². The Labute approximate surface area is 211 Å². The van der Waals surface area contributed by atoms with Gasteiger partial charge in [0.25, 0.3) is 11.7 Å². The first kappa shape index (κ1) is 24.3. The molecule has 3 aromatic rings. The number of nitrogens with zero attached hydrogens (tertiary/aromatic N) is 1. The van der Waals surface area contributed by atoms with Crippen LogP contribution in [0.15, 0.2) is 76.8 Å². The first-order valence-corrected chi connectivity index (χ1v) is 11.8. The number of amides is 1. The smallest absolute Gasteiger partial charge is 0.295 e. The molecule has 180 valence electrons. The van der Waals surface area contributed by atoms with Gasteiger partial charge in [0.15, 0.2) is 11.5 Å². The first-order valence-electron chi connectivity index (χ1n) is 11.0. The van der Waals surface area contributed by atoms with Gasteiger partial charge in [-0.15, -0.1) is 0 Å². The van der Waals surface area contributed by atoms with E-state index in [1.165, 1.54) is 11.0 Å². The molecule has 1 atom stereocenters. The number of hydrogen-bond donors (Lipinski definition) is 2. The summed E-state index contributed by atoms with van der Waals surface area (Å²) in [5.74, 6) is -1.02. The molecule has 1 amide bonds. The Hall–Kier alpha value is -3.78. The van der Waals surface area contributed by atoms with E-state index in [1.54, 1.807) is 68.6 Å². The van der Waals surface area contributed by atoms with Crippen LogP contribution in [0.1, 0.15) is 29.7 Å². The van der Waals surface area contributed by atoms with Crippen LogP contribution in [-0.2, 0) is 16.1 Å². The van der Waals surface area contributed by atoms with Crippen molar-refractivity contribution < 1.29 is 29.3 Å². The molecule has 0 spiro atoms. The summed E-state index contributed by atoms with van der Waals surface area (Å²) in [5.41, 5.74) is 1.64. The minimum atomic E-state index is -0.898. The van der Waals surface area contributed by atoms with E-state index in [1.807, 2.05) is 6.07 Å². The van der Waals surface area contributed by atoms with E-state index in [-0.39, 0.29) is 29.4 Å². The molecule has 8 heteroatoms. The van der Waals surface area contributed by atoms with Crippen LogP contribution in [0.5, 0.6) is 17.2 Å². The molecule has 1 heterocycles. The van der Waals surface area contributed by atoms with Crippen LogP contribution in [0.4, 0.5) is 0 Å². The number of phenols is 1. The van der Waals surface area contributed by atoms with Gasteiger partial charge in [-0.1, -0.05) is 46.3 Å². The summed E-state index contributed by atoms with van der Waals surface area (Å²) in [6.07, 6.45) is 0. The molecular weight excluding hydrogens is 514 g/mol. The molecule has 0 saturated carbocycles. The lowest BCUT2D eigenvalue weighted by molar-refractivity contribution is -0.140. The molecule has 4 rings (SSSR count). The highest BCUT2D eigenvalue weighted by Crippen LogP contribution is 2.42. The number of benzene rings is 3. The molecule has 0 bridgehead atoms. The summed E-state index contributed by atoms with van der Waals surface area (Å²) in [6, 6.07) is 17.8. The lowest BCUT2D eigenvalue weighted by atomic mass is 9.95. The summed E-state index contributed by atoms with van der Waals surface area (Å²) in [5, 5.41) is 21.4. The summed E-state index contributed by atoms with van der Waals surface area (Å²) in [6.45, 7) is 2.21. The maximum atomic E-state index is 13.2. The Balaban J connectivity index is 1.87. The minimum absolute atomic E-state index is 0.0339. The van der Waals surface area contributed by atoms with Crippen LogP contribution in [0, 0.1) is 0 Å². The predicted molar refractivity (Wildman–Crippen MR) is 134 cm³/mol. The number of likely N-dealkylation sites (tertiary alicyclic amines) is 1. The van der Waals surface area contributed by atoms with E-state index < -0.39 is 17.7 Å². The second kappa shape index (κ2) is 10.2. The zero-order valence-electron chi connectivity index (χ0n) is 19.2. The van der Waals surface area contributed by atoms with Crippen molar-refractivity contribution in [2.24, 2.45) is 0 Å². The maximum absolute atomic E-state index is 13.2. The number of ketones is 1. The Morgan fingerprint density at radius 2 is 1.80 bits per heavy atom. The SMILES string of the molecule is CCOc1cc(C2/C(=C(/O)c3ccc(Br)cc3)C(=O)C(=O)N2Cc2cccc(OC)c2)ccc1O. The van der Waals surface area contributed by atoms with Crippen LogP contribution >= 0.6 is 15.9 Å². The highest BCUT2D eigenvalue weighted by atomic mass is 79.9. The molecule has 1 aliphatic heterocycles. The summed E-state index contributed by atoms with van der Waals surface area (Å²) in [4.78, 5) is 27.9. The quantitative estimate of drug-likeness (QED) is 0.245. The van der Waals surface area contributed by atoms with E-state index in [4.69, 9.17) is 9.47 Å². The molecule has 1 unspecified atom stereocenters. The summed E-state index contributed by atoms with van der Waals surface area (Å²) < 4.78 is 11.6. The van der Waals surface area contributed by atoms with E-state index in [2.05, 4.69) is 15.9 Å². The number of aliphatic hydroxyl groups excluding tert-OH is 1. The van der Waals surface area contributed by atoms with Gasteiger partial charge in [-0.3, -0.25) is 9.59 Å². The molecular formula is C27H24BrNO6. The number of phenolic OH excluding ortho intramolecular Hbond substituents is 1. The Bertz CT molecular complexity index is 1300. The fraction of sp³-hybridized carbons (Fsp3) is 0.185. The van der Waals surface area contributed by atoms with Crippen molar-refractivity contribution in [1.29, 1.82) is 0 Å². The van der Waals surface area contributed by atoms with Crippen molar-refractivity contribution in [3.8, 4) is 17.2 Å². The number of halogens is 1. The van der Waals surface area contributed by atoms with Gasteiger partial charge in [-0.25, -0.2) is 0 Å². The number of hydrogen-bond acceptors (Lipinski definition) is 6. The van der Waals surface area contributed by atoms with Gasteiger partial charge in [-0.05, 0) is 54.4 Å². The van der Waals surface area contributed by atoms with Crippen molar-refractivity contribution in [2.75, 3.05) is 13.7 Å². The van der Waals surface area contributed by atoms with E-state index in [0.29, 0.717) is 23.5 Å². The van der Waals surface area contributed by atoms with Crippen LogP contribution in [0.3, 0.4) is 0 Å². The number of methoxy groups -OCH3 is 1. The van der Waals surface area contributed by atoms with Crippen LogP contribution in [0.2, 0.25) is 0 Å². The number of carbonyl (C=O) groups excluding carboxylic acids is 2.